The molecule has 1 aliphatic rings. The highest BCUT2D eigenvalue weighted by molar-refractivity contribution is 7.89. The first-order valence-electron chi connectivity index (χ1n) is 6.44. The first-order chi connectivity index (χ1) is 9.46. The van der Waals surface area contributed by atoms with Gasteiger partial charge in [-0.1, -0.05) is 17.7 Å². The van der Waals surface area contributed by atoms with Crippen LogP contribution in [-0.4, -0.2) is 34.7 Å². The average Bonchev–Trinajstić information content (AvgIpc) is 2.36. The lowest BCUT2D eigenvalue weighted by atomic mass is 9.90. The fourth-order valence-corrected chi connectivity index (χ4v) is 3.77. The maximum atomic E-state index is 12.2. The Kier molecular flexibility index (Phi) is 5.04. The summed E-state index contributed by atoms with van der Waals surface area (Å²) in [6.45, 7) is 0.602. The molecule has 0 unspecified atom stereocenters. The number of methoxy groups -OCH3 is 1. The monoisotopic (exact) mass is 318 g/mol. The fraction of sp³-hybridized carbons (Fsp3) is 0.538. The molecule has 5 nitrogen and oxygen atoms in total. The van der Waals surface area contributed by atoms with Crippen molar-refractivity contribution < 1.29 is 13.2 Å². The molecule has 20 heavy (non-hydrogen) atoms. The molecule has 112 valence electrons. The lowest BCUT2D eigenvalue weighted by molar-refractivity contribution is 0.0236. The third kappa shape index (κ3) is 3.51. The standard InChI is InChI=1S/C13H19ClN2O3S/c1-15-8-9-3-4-12(7-13(9)14)20(17,18)16-10-5-11(6-10)19-2/h3-4,7,10-11,15-16H,5-6,8H2,1-2H3. The lowest BCUT2D eigenvalue weighted by Crippen LogP contribution is -2.47. The summed E-state index contributed by atoms with van der Waals surface area (Å²) in [4.78, 5) is 0.197. The van der Waals surface area contributed by atoms with Crippen molar-refractivity contribution in [2.24, 2.45) is 0 Å². The zero-order valence-electron chi connectivity index (χ0n) is 11.5. The van der Waals surface area contributed by atoms with Crippen LogP contribution in [-0.2, 0) is 21.3 Å². The summed E-state index contributed by atoms with van der Waals surface area (Å²) in [6.07, 6.45) is 1.58. The van der Waals surface area contributed by atoms with Gasteiger partial charge in [0.15, 0.2) is 0 Å². The Morgan fingerprint density at radius 1 is 1.40 bits per heavy atom. The maximum Gasteiger partial charge on any atom is 0.240 e. The van der Waals surface area contributed by atoms with E-state index in [4.69, 9.17) is 16.3 Å². The lowest BCUT2D eigenvalue weighted by Gasteiger charge is -2.34. The number of benzene rings is 1. The maximum absolute atomic E-state index is 12.2. The Morgan fingerprint density at radius 3 is 2.65 bits per heavy atom. The molecule has 1 aromatic rings. The molecule has 2 N–H and O–H groups in total. The van der Waals surface area contributed by atoms with Gasteiger partial charge in [-0.05, 0) is 37.6 Å². The van der Waals surface area contributed by atoms with E-state index in [0.717, 1.165) is 5.56 Å². The zero-order valence-corrected chi connectivity index (χ0v) is 13.1. The Morgan fingerprint density at radius 2 is 2.10 bits per heavy atom. The van der Waals surface area contributed by atoms with Crippen molar-refractivity contribution in [2.75, 3.05) is 14.2 Å². The average molecular weight is 319 g/mol. The molecule has 0 radical (unpaired) electrons. The van der Waals surface area contributed by atoms with Gasteiger partial charge in [0.05, 0.1) is 11.0 Å². The first kappa shape index (κ1) is 15.7. The molecule has 1 saturated carbocycles. The summed E-state index contributed by atoms with van der Waals surface area (Å²) in [5.74, 6) is 0. The van der Waals surface area contributed by atoms with Crippen molar-refractivity contribution in [1.82, 2.24) is 10.0 Å². The van der Waals surface area contributed by atoms with Crippen molar-refractivity contribution in [3.63, 3.8) is 0 Å². The SMILES string of the molecule is CNCc1ccc(S(=O)(=O)NC2CC(OC)C2)cc1Cl. The minimum atomic E-state index is -3.52. The summed E-state index contributed by atoms with van der Waals surface area (Å²) in [5, 5.41) is 3.43. The molecule has 0 spiro atoms. The van der Waals surface area contributed by atoms with Gasteiger partial charge in [-0.2, -0.15) is 0 Å². The van der Waals surface area contributed by atoms with Crippen molar-refractivity contribution in [2.45, 2.75) is 36.4 Å². The number of sulfonamides is 1. The normalized spacial score (nSPS) is 22.6. The third-order valence-corrected chi connectivity index (χ3v) is 5.32. The molecular weight excluding hydrogens is 300 g/mol. The molecule has 0 atom stereocenters. The molecule has 0 aliphatic heterocycles. The number of ether oxygens (including phenoxy) is 1. The minimum Gasteiger partial charge on any atom is -0.381 e. The van der Waals surface area contributed by atoms with Crippen LogP contribution in [0.2, 0.25) is 5.02 Å². The van der Waals surface area contributed by atoms with Crippen molar-refractivity contribution in [3.8, 4) is 0 Å². The van der Waals surface area contributed by atoms with Gasteiger partial charge in [0.1, 0.15) is 0 Å². The topological polar surface area (TPSA) is 67.4 Å². The van der Waals surface area contributed by atoms with E-state index in [1.807, 2.05) is 7.05 Å². The zero-order chi connectivity index (χ0) is 14.8. The molecule has 0 bridgehead atoms. The van der Waals surface area contributed by atoms with E-state index >= 15 is 0 Å². The molecule has 1 aromatic carbocycles. The molecule has 1 fully saturated rings. The van der Waals surface area contributed by atoms with Crippen LogP contribution in [0.5, 0.6) is 0 Å². The molecule has 7 heteroatoms. The van der Waals surface area contributed by atoms with E-state index in [1.54, 1.807) is 19.2 Å². The number of hydrogen-bond donors (Lipinski definition) is 2. The summed E-state index contributed by atoms with van der Waals surface area (Å²) in [6, 6.07) is 4.74. The highest BCUT2D eigenvalue weighted by atomic mass is 35.5. The summed E-state index contributed by atoms with van der Waals surface area (Å²) < 4.78 is 32.3. The predicted octanol–water partition coefficient (Wildman–Crippen LogP) is 1.52. The second-order valence-corrected chi connectivity index (χ2v) is 7.05. The van der Waals surface area contributed by atoms with E-state index in [0.29, 0.717) is 24.4 Å². The van der Waals surface area contributed by atoms with Gasteiger partial charge in [-0.25, -0.2) is 13.1 Å². The quantitative estimate of drug-likeness (QED) is 0.834. The van der Waals surface area contributed by atoms with Gasteiger partial charge in [0, 0.05) is 24.7 Å². The van der Waals surface area contributed by atoms with Gasteiger partial charge >= 0.3 is 0 Å². The Labute approximate surface area is 124 Å². The van der Waals surface area contributed by atoms with E-state index in [9.17, 15) is 8.42 Å². The molecule has 0 aromatic heterocycles. The van der Waals surface area contributed by atoms with Crippen LogP contribution in [0, 0.1) is 0 Å². The van der Waals surface area contributed by atoms with Crippen LogP contribution in [0.3, 0.4) is 0 Å². The van der Waals surface area contributed by atoms with E-state index < -0.39 is 10.0 Å². The number of hydrogen-bond acceptors (Lipinski definition) is 4. The predicted molar refractivity (Wildman–Crippen MR) is 78.4 cm³/mol. The fourth-order valence-electron chi connectivity index (χ4n) is 2.17. The van der Waals surface area contributed by atoms with E-state index in [-0.39, 0.29) is 17.0 Å². The molecule has 0 amide bonds. The Balaban J connectivity index is 2.08. The Hall–Kier alpha value is -0.660. The van der Waals surface area contributed by atoms with Gasteiger partial charge in [-0.3, -0.25) is 0 Å². The Bertz CT molecular complexity index is 571. The highest BCUT2D eigenvalue weighted by Crippen LogP contribution is 2.26. The third-order valence-electron chi connectivity index (χ3n) is 3.45. The van der Waals surface area contributed by atoms with Gasteiger partial charge in [0.25, 0.3) is 0 Å². The summed E-state index contributed by atoms with van der Waals surface area (Å²) >= 11 is 6.09. The molecule has 0 saturated heterocycles. The van der Waals surface area contributed by atoms with Gasteiger partial charge < -0.3 is 10.1 Å². The van der Waals surface area contributed by atoms with Crippen LogP contribution in [0.1, 0.15) is 18.4 Å². The van der Waals surface area contributed by atoms with Crippen LogP contribution in [0.15, 0.2) is 23.1 Å². The number of nitrogens with one attached hydrogen (secondary N) is 2. The van der Waals surface area contributed by atoms with Crippen molar-refractivity contribution in [1.29, 1.82) is 0 Å². The van der Waals surface area contributed by atoms with Crippen LogP contribution < -0.4 is 10.0 Å². The van der Waals surface area contributed by atoms with Crippen LogP contribution in [0.4, 0.5) is 0 Å². The van der Waals surface area contributed by atoms with E-state index in [2.05, 4.69) is 10.0 Å². The van der Waals surface area contributed by atoms with E-state index in [1.165, 1.54) is 6.07 Å². The smallest absolute Gasteiger partial charge is 0.240 e. The number of halogens is 1. The largest absolute Gasteiger partial charge is 0.381 e. The molecular formula is C13H19ClN2O3S. The van der Waals surface area contributed by atoms with Crippen molar-refractivity contribution >= 4 is 21.6 Å². The summed E-state index contributed by atoms with van der Waals surface area (Å²) in [5.41, 5.74) is 0.871. The molecule has 1 aliphatic carbocycles. The summed E-state index contributed by atoms with van der Waals surface area (Å²) in [7, 11) is -0.0712. The van der Waals surface area contributed by atoms with Crippen molar-refractivity contribution in [3.05, 3.63) is 28.8 Å². The molecule has 0 heterocycles. The minimum absolute atomic E-state index is 0.0549. The van der Waals surface area contributed by atoms with Crippen LogP contribution >= 0.6 is 11.6 Å². The number of rotatable bonds is 6. The second-order valence-electron chi connectivity index (χ2n) is 4.93. The van der Waals surface area contributed by atoms with Gasteiger partial charge in [0.2, 0.25) is 10.0 Å². The molecule has 2 rings (SSSR count). The highest BCUT2D eigenvalue weighted by Gasteiger charge is 2.32. The van der Waals surface area contributed by atoms with Crippen LogP contribution in [0.25, 0.3) is 0 Å². The van der Waals surface area contributed by atoms with Gasteiger partial charge in [-0.15, -0.1) is 0 Å². The second kappa shape index (κ2) is 6.41. The first-order valence-corrected chi connectivity index (χ1v) is 8.30.